The highest BCUT2D eigenvalue weighted by molar-refractivity contribution is 6.30. The number of halogens is 1. The van der Waals surface area contributed by atoms with Crippen LogP contribution in [-0.2, 0) is 16.1 Å². The van der Waals surface area contributed by atoms with Gasteiger partial charge in [-0.1, -0.05) is 54.1 Å². The highest BCUT2D eigenvalue weighted by Gasteiger charge is 2.16. The van der Waals surface area contributed by atoms with Crippen molar-refractivity contribution in [2.24, 2.45) is 0 Å². The lowest BCUT2D eigenvalue weighted by atomic mass is 10.0. The van der Waals surface area contributed by atoms with Gasteiger partial charge in [-0.15, -0.1) is 0 Å². The van der Waals surface area contributed by atoms with Gasteiger partial charge in [0, 0.05) is 18.5 Å². The first kappa shape index (κ1) is 17.0. The summed E-state index contributed by atoms with van der Waals surface area (Å²) in [5.41, 5.74) is 1.88. The lowest BCUT2D eigenvalue weighted by Gasteiger charge is -2.18. The van der Waals surface area contributed by atoms with E-state index >= 15 is 0 Å². The van der Waals surface area contributed by atoms with E-state index in [1.807, 2.05) is 42.5 Å². The Hall–Kier alpha value is -2.33. The summed E-state index contributed by atoms with van der Waals surface area (Å²) in [5.74, 6) is -0.285. The van der Waals surface area contributed by atoms with Crippen molar-refractivity contribution in [2.45, 2.75) is 25.9 Å². The topological polar surface area (TPSA) is 58.2 Å². The van der Waals surface area contributed by atoms with Gasteiger partial charge < -0.3 is 10.6 Å². The molecule has 0 aliphatic carbocycles. The highest BCUT2D eigenvalue weighted by Crippen LogP contribution is 2.16. The van der Waals surface area contributed by atoms with E-state index in [4.69, 9.17) is 11.6 Å². The molecule has 0 unspecified atom stereocenters. The minimum atomic E-state index is -0.334. The molecular formula is C18H19ClN2O2. The number of benzene rings is 2. The standard InChI is InChI=1S/C18H19ClN2O2/c1-13(22)21-17(15-5-3-2-4-6-15)11-18(23)20-12-14-7-9-16(19)10-8-14/h2-10,17H,11-12H2,1H3,(H,20,23)(H,21,22)/t17-/m0/s1. The SMILES string of the molecule is CC(=O)N[C@@H](CC(=O)NCc1ccc(Cl)cc1)c1ccccc1. The van der Waals surface area contributed by atoms with Gasteiger partial charge in [0.1, 0.15) is 0 Å². The zero-order valence-electron chi connectivity index (χ0n) is 12.9. The van der Waals surface area contributed by atoms with E-state index in [1.54, 1.807) is 12.1 Å². The Balaban J connectivity index is 1.94. The van der Waals surface area contributed by atoms with Crippen LogP contribution in [-0.4, -0.2) is 11.8 Å². The molecule has 0 aliphatic heterocycles. The van der Waals surface area contributed by atoms with Crippen molar-refractivity contribution >= 4 is 23.4 Å². The predicted octanol–water partition coefficient (Wildman–Crippen LogP) is 3.22. The van der Waals surface area contributed by atoms with Crippen LogP contribution in [0.2, 0.25) is 5.02 Å². The molecule has 2 amide bonds. The lowest BCUT2D eigenvalue weighted by Crippen LogP contribution is -2.32. The normalized spacial score (nSPS) is 11.6. The van der Waals surface area contributed by atoms with Crippen LogP contribution in [0.1, 0.15) is 30.5 Å². The van der Waals surface area contributed by atoms with E-state index in [0.717, 1.165) is 11.1 Å². The van der Waals surface area contributed by atoms with Crippen molar-refractivity contribution in [1.29, 1.82) is 0 Å². The zero-order chi connectivity index (χ0) is 16.7. The molecule has 120 valence electrons. The number of hydrogen-bond donors (Lipinski definition) is 2. The highest BCUT2D eigenvalue weighted by atomic mass is 35.5. The quantitative estimate of drug-likeness (QED) is 0.854. The molecule has 0 radical (unpaired) electrons. The Labute approximate surface area is 140 Å². The molecule has 2 rings (SSSR count). The maximum atomic E-state index is 12.2. The van der Waals surface area contributed by atoms with E-state index in [1.165, 1.54) is 6.92 Å². The van der Waals surface area contributed by atoms with Gasteiger partial charge in [-0.2, -0.15) is 0 Å². The molecule has 0 aromatic heterocycles. The molecule has 4 nitrogen and oxygen atoms in total. The number of nitrogens with one attached hydrogen (secondary N) is 2. The summed E-state index contributed by atoms with van der Waals surface area (Å²) in [6.07, 6.45) is 0.192. The smallest absolute Gasteiger partial charge is 0.222 e. The van der Waals surface area contributed by atoms with Crippen LogP contribution in [0, 0.1) is 0 Å². The van der Waals surface area contributed by atoms with Gasteiger partial charge in [-0.05, 0) is 23.3 Å². The van der Waals surface area contributed by atoms with Gasteiger partial charge >= 0.3 is 0 Å². The van der Waals surface area contributed by atoms with Crippen LogP contribution < -0.4 is 10.6 Å². The van der Waals surface area contributed by atoms with E-state index in [0.29, 0.717) is 11.6 Å². The largest absolute Gasteiger partial charge is 0.352 e. The van der Waals surface area contributed by atoms with Crippen LogP contribution in [0.3, 0.4) is 0 Å². The maximum Gasteiger partial charge on any atom is 0.222 e. The Morgan fingerprint density at radius 1 is 1.04 bits per heavy atom. The fraction of sp³-hybridized carbons (Fsp3) is 0.222. The molecule has 0 aliphatic rings. The Morgan fingerprint density at radius 2 is 1.70 bits per heavy atom. The van der Waals surface area contributed by atoms with Gasteiger partial charge in [-0.3, -0.25) is 9.59 Å². The molecule has 0 spiro atoms. The van der Waals surface area contributed by atoms with Crippen LogP contribution in [0.25, 0.3) is 0 Å². The zero-order valence-corrected chi connectivity index (χ0v) is 13.6. The minimum Gasteiger partial charge on any atom is -0.352 e. The summed E-state index contributed by atoms with van der Waals surface area (Å²) < 4.78 is 0. The number of amides is 2. The van der Waals surface area contributed by atoms with Gasteiger partial charge in [0.2, 0.25) is 11.8 Å². The first-order chi connectivity index (χ1) is 11.0. The Kier molecular flexibility index (Phi) is 6.18. The molecule has 0 heterocycles. The van der Waals surface area contributed by atoms with Gasteiger partial charge in [0.15, 0.2) is 0 Å². The molecule has 1 atom stereocenters. The number of rotatable bonds is 6. The van der Waals surface area contributed by atoms with Crippen molar-refractivity contribution in [1.82, 2.24) is 10.6 Å². The molecule has 0 fully saturated rings. The third-order valence-corrected chi connectivity index (χ3v) is 3.62. The molecule has 0 saturated carbocycles. The minimum absolute atomic E-state index is 0.123. The number of hydrogen-bond acceptors (Lipinski definition) is 2. The summed E-state index contributed by atoms with van der Waals surface area (Å²) in [7, 11) is 0. The molecule has 2 N–H and O–H groups in total. The van der Waals surface area contributed by atoms with E-state index in [2.05, 4.69) is 10.6 Å². The molecule has 5 heteroatoms. The molecule has 2 aromatic rings. The Bertz CT molecular complexity index is 656. The van der Waals surface area contributed by atoms with Crippen molar-refractivity contribution < 1.29 is 9.59 Å². The molecule has 0 bridgehead atoms. The second kappa shape index (κ2) is 8.34. The van der Waals surface area contributed by atoms with E-state index in [-0.39, 0.29) is 24.3 Å². The van der Waals surface area contributed by atoms with Gasteiger partial charge in [0.25, 0.3) is 0 Å². The van der Waals surface area contributed by atoms with Crippen LogP contribution in [0.5, 0.6) is 0 Å². The summed E-state index contributed by atoms with van der Waals surface area (Å²) in [4.78, 5) is 23.5. The fourth-order valence-corrected chi connectivity index (χ4v) is 2.37. The summed E-state index contributed by atoms with van der Waals surface area (Å²) >= 11 is 5.83. The average Bonchev–Trinajstić information content (AvgIpc) is 2.54. The third-order valence-electron chi connectivity index (χ3n) is 3.37. The summed E-state index contributed by atoms with van der Waals surface area (Å²) in [5, 5.41) is 6.34. The van der Waals surface area contributed by atoms with E-state index < -0.39 is 0 Å². The molecular weight excluding hydrogens is 312 g/mol. The van der Waals surface area contributed by atoms with Crippen LogP contribution in [0.4, 0.5) is 0 Å². The lowest BCUT2D eigenvalue weighted by molar-refractivity contribution is -0.122. The first-order valence-corrected chi connectivity index (χ1v) is 7.75. The second-order valence-electron chi connectivity index (χ2n) is 5.27. The molecule has 0 saturated heterocycles. The van der Waals surface area contributed by atoms with Crippen LogP contribution >= 0.6 is 11.6 Å². The van der Waals surface area contributed by atoms with Crippen molar-refractivity contribution in [3.05, 3.63) is 70.7 Å². The average molecular weight is 331 g/mol. The number of carbonyl (C=O) groups excluding carboxylic acids is 2. The molecule has 2 aromatic carbocycles. The van der Waals surface area contributed by atoms with Crippen LogP contribution in [0.15, 0.2) is 54.6 Å². The maximum absolute atomic E-state index is 12.2. The summed E-state index contributed by atoms with van der Waals surface area (Å²) in [6.45, 7) is 1.87. The van der Waals surface area contributed by atoms with Gasteiger partial charge in [0.05, 0.1) is 12.5 Å². The number of carbonyl (C=O) groups is 2. The monoisotopic (exact) mass is 330 g/mol. The fourth-order valence-electron chi connectivity index (χ4n) is 2.24. The van der Waals surface area contributed by atoms with Crippen molar-refractivity contribution in [2.75, 3.05) is 0 Å². The first-order valence-electron chi connectivity index (χ1n) is 7.38. The predicted molar refractivity (Wildman–Crippen MR) is 90.9 cm³/mol. The Morgan fingerprint density at radius 3 is 2.30 bits per heavy atom. The van der Waals surface area contributed by atoms with Crippen molar-refractivity contribution in [3.63, 3.8) is 0 Å². The third kappa shape index (κ3) is 5.75. The van der Waals surface area contributed by atoms with Crippen molar-refractivity contribution in [3.8, 4) is 0 Å². The second-order valence-corrected chi connectivity index (χ2v) is 5.71. The molecule has 23 heavy (non-hydrogen) atoms. The van der Waals surface area contributed by atoms with Gasteiger partial charge in [-0.25, -0.2) is 0 Å². The summed E-state index contributed by atoms with van der Waals surface area (Å²) in [6, 6.07) is 16.4. The van der Waals surface area contributed by atoms with E-state index in [9.17, 15) is 9.59 Å².